The van der Waals surface area contributed by atoms with Crippen LogP contribution in [0, 0.1) is 0 Å². The zero-order chi connectivity index (χ0) is 19.2. The summed E-state index contributed by atoms with van der Waals surface area (Å²) in [6.07, 6.45) is 0.141. The molecule has 2 amide bonds. The summed E-state index contributed by atoms with van der Waals surface area (Å²) in [7, 11) is 0. The van der Waals surface area contributed by atoms with Crippen molar-refractivity contribution < 1.29 is 19.5 Å². The highest BCUT2D eigenvalue weighted by Gasteiger charge is 2.22. The highest BCUT2D eigenvalue weighted by molar-refractivity contribution is 5.83. The minimum Gasteiger partial charge on any atom is -0.444 e. The van der Waals surface area contributed by atoms with Gasteiger partial charge in [0.1, 0.15) is 5.60 Å². The Balaban J connectivity index is 2.12. The van der Waals surface area contributed by atoms with Gasteiger partial charge in [-0.15, -0.1) is 0 Å². The van der Waals surface area contributed by atoms with Gasteiger partial charge in [0.15, 0.2) is 0 Å². The molecule has 0 unspecified atom stereocenters. The van der Waals surface area contributed by atoms with Gasteiger partial charge in [0.25, 0.3) is 0 Å². The third-order valence-electron chi connectivity index (χ3n) is 3.80. The van der Waals surface area contributed by atoms with Gasteiger partial charge < -0.3 is 9.64 Å². The summed E-state index contributed by atoms with van der Waals surface area (Å²) in [5.41, 5.74) is 1.99. The average Bonchev–Trinajstić information content (AvgIpc) is 2.59. The second kappa shape index (κ2) is 8.67. The summed E-state index contributed by atoms with van der Waals surface area (Å²) in [5, 5.41) is 10.8. The van der Waals surface area contributed by atoms with Gasteiger partial charge in [-0.25, -0.2) is 10.3 Å². The summed E-state index contributed by atoms with van der Waals surface area (Å²) in [4.78, 5) is 25.3. The Hall–Kier alpha value is -2.60. The summed E-state index contributed by atoms with van der Waals surface area (Å²) in [6.45, 7) is 6.20. The molecule has 6 nitrogen and oxygen atoms in total. The first-order valence-corrected chi connectivity index (χ1v) is 8.67. The Kier molecular flexibility index (Phi) is 6.58. The Bertz CT molecular complexity index is 768. The number of hydrogen-bond donors (Lipinski definition) is 2. The fraction of sp³-hybridized carbons (Fsp3) is 0.400. The molecule has 0 aliphatic heterocycles. The first-order valence-electron chi connectivity index (χ1n) is 8.67. The topological polar surface area (TPSA) is 78.9 Å². The lowest BCUT2D eigenvalue weighted by atomic mass is 10.1. The number of amides is 2. The molecular formula is C20H26N2O4. The van der Waals surface area contributed by atoms with Crippen molar-refractivity contribution in [2.45, 2.75) is 45.8 Å². The predicted molar refractivity (Wildman–Crippen MR) is 99.8 cm³/mol. The number of rotatable bonds is 6. The van der Waals surface area contributed by atoms with Crippen LogP contribution >= 0.6 is 0 Å². The van der Waals surface area contributed by atoms with Crippen LogP contribution < -0.4 is 5.48 Å². The highest BCUT2D eigenvalue weighted by atomic mass is 16.6. The Morgan fingerprint density at radius 1 is 1.12 bits per heavy atom. The summed E-state index contributed by atoms with van der Waals surface area (Å²) in [6, 6.07) is 14.1. The average molecular weight is 358 g/mol. The molecule has 26 heavy (non-hydrogen) atoms. The van der Waals surface area contributed by atoms with Gasteiger partial charge in [0.2, 0.25) is 5.91 Å². The summed E-state index contributed by atoms with van der Waals surface area (Å²) < 4.78 is 5.48. The van der Waals surface area contributed by atoms with Crippen LogP contribution in [0.2, 0.25) is 0 Å². The van der Waals surface area contributed by atoms with Gasteiger partial charge in [0.05, 0.1) is 0 Å². The van der Waals surface area contributed by atoms with Crippen LogP contribution in [-0.4, -0.2) is 34.3 Å². The van der Waals surface area contributed by atoms with Gasteiger partial charge in [-0.05, 0) is 49.6 Å². The molecule has 2 N–H and O–H groups in total. The largest absolute Gasteiger partial charge is 0.444 e. The second-order valence-electron chi connectivity index (χ2n) is 7.22. The molecule has 2 rings (SSSR count). The van der Waals surface area contributed by atoms with Crippen molar-refractivity contribution in [3.8, 4) is 0 Å². The van der Waals surface area contributed by atoms with E-state index in [9.17, 15) is 9.59 Å². The van der Waals surface area contributed by atoms with E-state index in [2.05, 4.69) is 0 Å². The van der Waals surface area contributed by atoms with Crippen molar-refractivity contribution in [3.63, 3.8) is 0 Å². The van der Waals surface area contributed by atoms with E-state index in [1.165, 1.54) is 0 Å². The van der Waals surface area contributed by atoms with E-state index < -0.39 is 17.6 Å². The van der Waals surface area contributed by atoms with E-state index in [0.717, 1.165) is 16.3 Å². The number of carbonyl (C=O) groups excluding carboxylic acids is 2. The third kappa shape index (κ3) is 6.04. The molecule has 0 aliphatic carbocycles. The molecule has 140 valence electrons. The first-order chi connectivity index (χ1) is 12.3. The maximum Gasteiger partial charge on any atom is 0.410 e. The van der Waals surface area contributed by atoms with Crippen LogP contribution in [0.15, 0.2) is 42.5 Å². The molecule has 0 saturated carbocycles. The first kappa shape index (κ1) is 19.7. The highest BCUT2D eigenvalue weighted by Crippen LogP contribution is 2.18. The normalized spacial score (nSPS) is 11.2. The molecule has 0 atom stereocenters. The van der Waals surface area contributed by atoms with E-state index in [0.29, 0.717) is 19.5 Å². The minimum absolute atomic E-state index is 0.132. The molecule has 0 saturated heterocycles. The molecule has 6 heteroatoms. The quantitative estimate of drug-likeness (QED) is 0.607. The molecule has 0 heterocycles. The van der Waals surface area contributed by atoms with E-state index in [4.69, 9.17) is 9.94 Å². The van der Waals surface area contributed by atoms with Crippen molar-refractivity contribution in [1.29, 1.82) is 0 Å². The molecule has 0 bridgehead atoms. The molecule has 0 aliphatic rings. The predicted octanol–water partition coefficient (Wildman–Crippen LogP) is 3.86. The molecule has 0 radical (unpaired) electrons. The van der Waals surface area contributed by atoms with Crippen LogP contribution in [0.1, 0.15) is 39.2 Å². The SMILES string of the molecule is CC(C)(C)OC(=O)N(CCCC(=O)NO)Cc1ccc2ccccc2c1. The third-order valence-corrected chi connectivity index (χ3v) is 3.80. The lowest BCUT2D eigenvalue weighted by Gasteiger charge is -2.27. The van der Waals surface area contributed by atoms with Gasteiger partial charge in [-0.3, -0.25) is 10.0 Å². The maximum absolute atomic E-state index is 12.5. The van der Waals surface area contributed by atoms with Crippen molar-refractivity contribution >= 4 is 22.8 Å². The van der Waals surface area contributed by atoms with Gasteiger partial charge in [-0.2, -0.15) is 0 Å². The smallest absolute Gasteiger partial charge is 0.410 e. The molecular weight excluding hydrogens is 332 g/mol. The Morgan fingerprint density at radius 2 is 1.81 bits per heavy atom. The van der Waals surface area contributed by atoms with Crippen LogP contribution in [0.25, 0.3) is 10.8 Å². The number of benzene rings is 2. The van der Waals surface area contributed by atoms with Crippen molar-refractivity contribution in [3.05, 3.63) is 48.0 Å². The van der Waals surface area contributed by atoms with Crippen LogP contribution in [0.4, 0.5) is 4.79 Å². The number of hydroxylamine groups is 1. The fourth-order valence-corrected chi connectivity index (χ4v) is 2.61. The fourth-order valence-electron chi connectivity index (χ4n) is 2.61. The monoisotopic (exact) mass is 358 g/mol. The standard InChI is InChI=1S/C20H26N2O4/c1-20(2,3)26-19(24)22(12-6-9-18(23)21-25)14-15-10-11-16-7-4-5-8-17(16)13-15/h4-5,7-8,10-11,13,25H,6,9,12,14H2,1-3H3,(H,21,23). The van der Waals surface area contributed by atoms with Crippen molar-refractivity contribution in [1.82, 2.24) is 10.4 Å². The minimum atomic E-state index is -0.596. The summed E-state index contributed by atoms with van der Waals surface area (Å²) >= 11 is 0. The van der Waals surface area contributed by atoms with Gasteiger partial charge >= 0.3 is 6.09 Å². The Morgan fingerprint density at radius 3 is 2.46 bits per heavy atom. The molecule has 2 aromatic rings. The number of nitrogens with zero attached hydrogens (tertiary/aromatic N) is 1. The number of ether oxygens (including phenoxy) is 1. The van der Waals surface area contributed by atoms with Crippen molar-refractivity contribution in [2.75, 3.05) is 6.54 Å². The zero-order valence-corrected chi connectivity index (χ0v) is 15.5. The lowest BCUT2D eigenvalue weighted by molar-refractivity contribution is -0.129. The van der Waals surface area contributed by atoms with E-state index in [1.807, 2.05) is 63.2 Å². The van der Waals surface area contributed by atoms with Crippen LogP contribution in [0.3, 0.4) is 0 Å². The van der Waals surface area contributed by atoms with Gasteiger partial charge in [0, 0.05) is 19.5 Å². The molecule has 0 aromatic heterocycles. The molecule has 2 aromatic carbocycles. The zero-order valence-electron chi connectivity index (χ0n) is 15.5. The lowest BCUT2D eigenvalue weighted by Crippen LogP contribution is -2.37. The van der Waals surface area contributed by atoms with Crippen LogP contribution in [-0.2, 0) is 16.1 Å². The number of nitrogens with one attached hydrogen (secondary N) is 1. The Labute approximate surface area is 153 Å². The van der Waals surface area contributed by atoms with E-state index in [-0.39, 0.29) is 6.42 Å². The van der Waals surface area contributed by atoms with Crippen molar-refractivity contribution in [2.24, 2.45) is 0 Å². The number of carbonyl (C=O) groups is 2. The number of hydrogen-bond acceptors (Lipinski definition) is 4. The van der Waals surface area contributed by atoms with Gasteiger partial charge in [-0.1, -0.05) is 36.4 Å². The summed E-state index contributed by atoms with van der Waals surface area (Å²) in [5.74, 6) is -0.472. The molecule has 0 fully saturated rings. The maximum atomic E-state index is 12.5. The number of fused-ring (bicyclic) bond motifs is 1. The van der Waals surface area contributed by atoms with E-state index in [1.54, 1.807) is 10.4 Å². The second-order valence-corrected chi connectivity index (χ2v) is 7.22. The van der Waals surface area contributed by atoms with Crippen LogP contribution in [0.5, 0.6) is 0 Å². The molecule has 0 spiro atoms. The van der Waals surface area contributed by atoms with E-state index >= 15 is 0 Å².